The van der Waals surface area contributed by atoms with E-state index in [0.29, 0.717) is 32.1 Å². The van der Waals surface area contributed by atoms with Crippen LogP contribution < -0.4 is 5.32 Å². The summed E-state index contributed by atoms with van der Waals surface area (Å²) in [5.74, 6) is -1.24. The zero-order valence-electron chi connectivity index (χ0n) is 15.5. The van der Waals surface area contributed by atoms with Crippen molar-refractivity contribution in [1.82, 2.24) is 15.1 Å². The third kappa shape index (κ3) is 4.36. The van der Waals surface area contributed by atoms with Gasteiger partial charge in [0.25, 0.3) is 0 Å². The quantitative estimate of drug-likeness (QED) is 0.846. The Balaban J connectivity index is 1.52. The van der Waals surface area contributed by atoms with Crippen LogP contribution in [0, 0.1) is 5.92 Å². The van der Waals surface area contributed by atoms with Crippen LogP contribution in [0.15, 0.2) is 24.3 Å². The van der Waals surface area contributed by atoms with Crippen molar-refractivity contribution in [3.05, 3.63) is 35.4 Å². The zero-order chi connectivity index (χ0) is 18.5. The first-order chi connectivity index (χ1) is 12.6. The molecule has 0 saturated carbocycles. The molecule has 0 aliphatic carbocycles. The lowest BCUT2D eigenvalue weighted by atomic mass is 9.98. The van der Waals surface area contributed by atoms with Crippen LogP contribution in [0.25, 0.3) is 0 Å². The fourth-order valence-corrected chi connectivity index (χ4v) is 4.04. The van der Waals surface area contributed by atoms with Crippen LogP contribution in [-0.2, 0) is 17.8 Å². The number of carbonyl (C=O) groups excluding carboxylic acids is 1. The van der Waals surface area contributed by atoms with Gasteiger partial charge in [0.1, 0.15) is 0 Å². The van der Waals surface area contributed by atoms with E-state index in [9.17, 15) is 14.7 Å². The third-order valence-electron chi connectivity index (χ3n) is 5.69. The van der Waals surface area contributed by atoms with Crippen molar-refractivity contribution in [2.45, 2.75) is 45.2 Å². The first-order valence-electron chi connectivity index (χ1n) is 9.65. The van der Waals surface area contributed by atoms with E-state index in [-0.39, 0.29) is 6.03 Å². The SMILES string of the molecule is CCC(CNC(=O)N1CCCC(C(=O)O)C1)N1CCc2ccccc2C1. The molecule has 0 aromatic heterocycles. The van der Waals surface area contributed by atoms with Crippen molar-refractivity contribution in [3.8, 4) is 0 Å². The second-order valence-electron chi connectivity index (χ2n) is 7.36. The molecule has 2 heterocycles. The second kappa shape index (κ2) is 8.54. The Morgan fingerprint density at radius 1 is 1.27 bits per heavy atom. The molecule has 0 bridgehead atoms. The molecule has 142 valence electrons. The number of aliphatic carboxylic acids is 1. The topological polar surface area (TPSA) is 72.9 Å². The lowest BCUT2D eigenvalue weighted by molar-refractivity contribution is -0.143. The molecule has 1 aromatic carbocycles. The first-order valence-corrected chi connectivity index (χ1v) is 9.65. The summed E-state index contributed by atoms with van der Waals surface area (Å²) >= 11 is 0. The van der Waals surface area contributed by atoms with E-state index < -0.39 is 11.9 Å². The number of hydrogen-bond donors (Lipinski definition) is 2. The van der Waals surface area contributed by atoms with Crippen molar-refractivity contribution in [2.24, 2.45) is 5.92 Å². The van der Waals surface area contributed by atoms with Gasteiger partial charge in [-0.15, -0.1) is 0 Å². The molecule has 6 nitrogen and oxygen atoms in total. The van der Waals surface area contributed by atoms with E-state index in [2.05, 4.69) is 41.4 Å². The Bertz CT molecular complexity index is 649. The minimum Gasteiger partial charge on any atom is -0.481 e. The van der Waals surface area contributed by atoms with E-state index in [4.69, 9.17) is 0 Å². The molecule has 2 N–H and O–H groups in total. The Kier molecular flexibility index (Phi) is 6.14. The Morgan fingerprint density at radius 3 is 2.77 bits per heavy atom. The number of hydrogen-bond acceptors (Lipinski definition) is 3. The Morgan fingerprint density at radius 2 is 2.04 bits per heavy atom. The maximum atomic E-state index is 12.5. The molecule has 2 aliphatic rings. The third-order valence-corrected chi connectivity index (χ3v) is 5.69. The number of benzene rings is 1. The molecule has 2 atom stereocenters. The number of likely N-dealkylation sites (tertiary alicyclic amines) is 1. The van der Waals surface area contributed by atoms with Gasteiger partial charge in [0.15, 0.2) is 0 Å². The fraction of sp³-hybridized carbons (Fsp3) is 0.600. The highest BCUT2D eigenvalue weighted by Crippen LogP contribution is 2.21. The molecular formula is C20H29N3O3. The fourth-order valence-electron chi connectivity index (χ4n) is 4.04. The summed E-state index contributed by atoms with van der Waals surface area (Å²) in [7, 11) is 0. The van der Waals surface area contributed by atoms with Crippen molar-refractivity contribution in [1.29, 1.82) is 0 Å². The number of carboxylic acid groups (broad SMARTS) is 1. The van der Waals surface area contributed by atoms with Crippen LogP contribution in [0.3, 0.4) is 0 Å². The van der Waals surface area contributed by atoms with Gasteiger partial charge in [-0.2, -0.15) is 0 Å². The molecule has 2 amide bonds. The lowest BCUT2D eigenvalue weighted by Crippen LogP contribution is -2.51. The molecule has 6 heteroatoms. The number of amides is 2. The highest BCUT2D eigenvalue weighted by atomic mass is 16.4. The summed E-state index contributed by atoms with van der Waals surface area (Å²) in [5, 5.41) is 12.2. The largest absolute Gasteiger partial charge is 0.481 e. The molecule has 0 radical (unpaired) electrons. The number of nitrogens with zero attached hydrogens (tertiary/aromatic N) is 2. The first kappa shape index (κ1) is 18.7. The molecule has 2 aliphatic heterocycles. The van der Waals surface area contributed by atoms with Crippen molar-refractivity contribution in [3.63, 3.8) is 0 Å². The van der Waals surface area contributed by atoms with Crippen molar-refractivity contribution in [2.75, 3.05) is 26.2 Å². The highest BCUT2D eigenvalue weighted by Gasteiger charge is 2.29. The second-order valence-corrected chi connectivity index (χ2v) is 7.36. The van der Waals surface area contributed by atoms with Gasteiger partial charge in [0.2, 0.25) is 0 Å². The van der Waals surface area contributed by atoms with Crippen molar-refractivity contribution < 1.29 is 14.7 Å². The summed E-state index contributed by atoms with van der Waals surface area (Å²) in [6.07, 6.45) is 3.43. The molecular weight excluding hydrogens is 330 g/mol. The Hall–Kier alpha value is -2.08. The maximum absolute atomic E-state index is 12.5. The molecule has 3 rings (SSSR count). The van der Waals surface area contributed by atoms with Crippen molar-refractivity contribution >= 4 is 12.0 Å². The summed E-state index contributed by atoms with van der Waals surface area (Å²) in [5.41, 5.74) is 2.81. The molecule has 26 heavy (non-hydrogen) atoms. The molecule has 2 unspecified atom stereocenters. The average Bonchev–Trinajstić information content (AvgIpc) is 2.68. The van der Waals surface area contributed by atoms with Gasteiger partial charge >= 0.3 is 12.0 Å². The van der Waals surface area contributed by atoms with E-state index >= 15 is 0 Å². The number of nitrogens with one attached hydrogen (secondary N) is 1. The van der Waals surface area contributed by atoms with Crippen LogP contribution in [0.4, 0.5) is 4.79 Å². The minimum absolute atomic E-state index is 0.133. The molecule has 1 saturated heterocycles. The molecule has 1 fully saturated rings. The summed E-state index contributed by atoms with van der Waals surface area (Å²) < 4.78 is 0. The summed E-state index contributed by atoms with van der Waals surface area (Å²) in [4.78, 5) is 27.7. The van der Waals surface area contributed by atoms with Gasteiger partial charge in [-0.1, -0.05) is 31.2 Å². The zero-order valence-corrected chi connectivity index (χ0v) is 15.5. The normalized spacial score (nSPS) is 21.7. The average molecular weight is 359 g/mol. The van der Waals surface area contributed by atoms with Crippen LogP contribution in [0.1, 0.15) is 37.3 Å². The monoisotopic (exact) mass is 359 g/mol. The number of carboxylic acids is 1. The Labute approximate surface area is 155 Å². The summed E-state index contributed by atoms with van der Waals surface area (Å²) in [6.45, 7) is 5.65. The van der Waals surface area contributed by atoms with E-state index in [0.717, 1.165) is 32.4 Å². The van der Waals surface area contributed by atoms with Gasteiger partial charge in [-0.05, 0) is 36.8 Å². The van der Waals surface area contributed by atoms with E-state index in [1.54, 1.807) is 4.90 Å². The van der Waals surface area contributed by atoms with Gasteiger partial charge in [0, 0.05) is 38.8 Å². The number of carbonyl (C=O) groups is 2. The van der Waals surface area contributed by atoms with Gasteiger partial charge in [0.05, 0.1) is 5.92 Å². The maximum Gasteiger partial charge on any atom is 0.317 e. The number of piperidine rings is 1. The number of fused-ring (bicyclic) bond motifs is 1. The standard InChI is InChI=1S/C20H29N3O3/c1-2-18(22-11-9-15-6-3-4-7-16(15)13-22)12-21-20(26)23-10-5-8-17(14-23)19(24)25/h3-4,6-7,17-18H,2,5,8-14H2,1H3,(H,21,26)(H,24,25). The predicted octanol–water partition coefficient (Wildman–Crippen LogP) is 2.33. The molecule has 1 aromatic rings. The molecule has 0 spiro atoms. The van der Waals surface area contributed by atoms with Gasteiger partial charge < -0.3 is 15.3 Å². The van der Waals surface area contributed by atoms with Crippen LogP contribution >= 0.6 is 0 Å². The predicted molar refractivity (Wildman–Crippen MR) is 100.0 cm³/mol. The van der Waals surface area contributed by atoms with Crippen LogP contribution in [-0.4, -0.2) is 59.1 Å². The van der Waals surface area contributed by atoms with Gasteiger partial charge in [-0.3, -0.25) is 9.69 Å². The summed E-state index contributed by atoms with van der Waals surface area (Å²) in [6, 6.07) is 8.73. The van der Waals surface area contributed by atoms with E-state index in [1.807, 2.05) is 0 Å². The minimum atomic E-state index is -0.805. The number of urea groups is 1. The lowest BCUT2D eigenvalue weighted by Gasteiger charge is -2.36. The number of rotatable bonds is 5. The highest BCUT2D eigenvalue weighted by molar-refractivity contribution is 5.76. The smallest absolute Gasteiger partial charge is 0.317 e. The van der Waals surface area contributed by atoms with Gasteiger partial charge in [-0.25, -0.2) is 4.79 Å². The van der Waals surface area contributed by atoms with Crippen LogP contribution in [0.2, 0.25) is 0 Å². The van der Waals surface area contributed by atoms with E-state index in [1.165, 1.54) is 11.1 Å². The van der Waals surface area contributed by atoms with Crippen LogP contribution in [0.5, 0.6) is 0 Å².